The van der Waals surface area contributed by atoms with Crippen LogP contribution in [-0.2, 0) is 17.9 Å². The highest BCUT2D eigenvalue weighted by Gasteiger charge is 2.19. The van der Waals surface area contributed by atoms with Gasteiger partial charge in [0.25, 0.3) is 0 Å². The molecule has 162 valence electrons. The molecule has 6 nitrogen and oxygen atoms in total. The highest BCUT2D eigenvalue weighted by atomic mass is 127. The van der Waals surface area contributed by atoms with Gasteiger partial charge in [0.1, 0.15) is 12.4 Å². The number of carbonyl (C=O) groups is 1. The lowest BCUT2D eigenvalue weighted by Crippen LogP contribution is -2.39. The number of benzene rings is 2. The van der Waals surface area contributed by atoms with Crippen molar-refractivity contribution in [2.24, 2.45) is 4.99 Å². The number of nitrogens with one attached hydrogen (secondary N) is 2. The molecule has 0 aromatic heterocycles. The second-order valence-electron chi connectivity index (χ2n) is 7.02. The summed E-state index contributed by atoms with van der Waals surface area (Å²) in [5.41, 5.74) is 2.30. The third-order valence-electron chi connectivity index (χ3n) is 4.74. The number of carbonyl (C=O) groups excluding carboxylic acids is 1. The van der Waals surface area contributed by atoms with Gasteiger partial charge in [0, 0.05) is 26.1 Å². The first-order chi connectivity index (χ1) is 14.2. The molecule has 0 saturated carbocycles. The highest BCUT2D eigenvalue weighted by molar-refractivity contribution is 14.0. The molecule has 2 aromatic rings. The van der Waals surface area contributed by atoms with Crippen LogP contribution in [0.5, 0.6) is 5.75 Å². The van der Waals surface area contributed by atoms with E-state index in [1.165, 1.54) is 0 Å². The molecular formula is C23H31IN4O2. The first-order valence-corrected chi connectivity index (χ1v) is 10.3. The number of nitrogens with zero attached hydrogens (tertiary/aromatic N) is 2. The maximum absolute atomic E-state index is 11.8. The van der Waals surface area contributed by atoms with Crippen molar-refractivity contribution in [1.29, 1.82) is 0 Å². The molecule has 1 saturated heterocycles. The van der Waals surface area contributed by atoms with E-state index in [-0.39, 0.29) is 29.9 Å². The summed E-state index contributed by atoms with van der Waals surface area (Å²) in [6.07, 6.45) is 1.66. The number of ether oxygens (including phenoxy) is 1. The van der Waals surface area contributed by atoms with Gasteiger partial charge in [-0.05, 0) is 36.6 Å². The van der Waals surface area contributed by atoms with Crippen LogP contribution < -0.4 is 15.4 Å². The monoisotopic (exact) mass is 522 g/mol. The number of hydrogen-bond donors (Lipinski definition) is 2. The van der Waals surface area contributed by atoms with Gasteiger partial charge in [0.05, 0.1) is 13.1 Å². The first-order valence-electron chi connectivity index (χ1n) is 10.3. The van der Waals surface area contributed by atoms with Crippen molar-refractivity contribution in [3.05, 3.63) is 65.7 Å². The molecule has 1 fully saturated rings. The minimum Gasteiger partial charge on any atom is -0.492 e. The predicted octanol–water partition coefficient (Wildman–Crippen LogP) is 3.56. The van der Waals surface area contributed by atoms with Crippen LogP contribution in [0.3, 0.4) is 0 Å². The van der Waals surface area contributed by atoms with Crippen molar-refractivity contribution in [2.45, 2.75) is 32.9 Å². The van der Waals surface area contributed by atoms with E-state index < -0.39 is 0 Å². The van der Waals surface area contributed by atoms with Crippen molar-refractivity contribution in [1.82, 2.24) is 15.5 Å². The molecule has 7 heteroatoms. The minimum atomic E-state index is 0. The van der Waals surface area contributed by atoms with Gasteiger partial charge in [0.2, 0.25) is 5.91 Å². The third kappa shape index (κ3) is 7.85. The first kappa shape index (κ1) is 24.0. The largest absolute Gasteiger partial charge is 0.492 e. The Balaban J connectivity index is 0.00000320. The van der Waals surface area contributed by atoms with Crippen LogP contribution in [0.1, 0.15) is 30.9 Å². The third-order valence-corrected chi connectivity index (χ3v) is 4.74. The Bertz CT molecular complexity index is 797. The lowest BCUT2D eigenvalue weighted by atomic mass is 10.1. The Morgan fingerprint density at radius 1 is 1.07 bits per heavy atom. The van der Waals surface area contributed by atoms with E-state index >= 15 is 0 Å². The molecule has 0 atom stereocenters. The van der Waals surface area contributed by atoms with Crippen LogP contribution in [-0.4, -0.2) is 43.0 Å². The van der Waals surface area contributed by atoms with Crippen molar-refractivity contribution in [3.8, 4) is 5.75 Å². The van der Waals surface area contributed by atoms with Crippen LogP contribution in [0.2, 0.25) is 0 Å². The summed E-state index contributed by atoms with van der Waals surface area (Å²) in [5, 5.41) is 6.55. The summed E-state index contributed by atoms with van der Waals surface area (Å²) in [6.45, 7) is 6.25. The molecule has 30 heavy (non-hydrogen) atoms. The number of halogens is 1. The van der Waals surface area contributed by atoms with E-state index in [1.54, 1.807) is 0 Å². The van der Waals surface area contributed by atoms with E-state index in [4.69, 9.17) is 4.74 Å². The number of para-hydroxylation sites is 1. The molecule has 1 aliphatic rings. The van der Waals surface area contributed by atoms with Crippen molar-refractivity contribution < 1.29 is 9.53 Å². The summed E-state index contributed by atoms with van der Waals surface area (Å²) in [7, 11) is 0. The molecular weight excluding hydrogens is 491 g/mol. The Morgan fingerprint density at radius 2 is 1.80 bits per heavy atom. The van der Waals surface area contributed by atoms with E-state index in [2.05, 4.69) is 39.9 Å². The molecule has 0 spiro atoms. The standard InChI is InChI=1S/C23H30N4O2.HI/c1-2-24-23(25-14-16-29-21-7-4-3-5-8-21)26-17-19-10-12-20(13-11-19)18-27-15-6-9-22(27)28;/h3-5,7-8,10-13H,2,6,9,14-18H2,1H3,(H2,24,25,26);1H. The SMILES string of the molecule is CCNC(=NCc1ccc(CN2CCCC2=O)cc1)NCCOc1ccccc1.I. The molecule has 0 bridgehead atoms. The minimum absolute atomic E-state index is 0. The predicted molar refractivity (Wildman–Crippen MR) is 131 cm³/mol. The average molecular weight is 522 g/mol. The van der Waals surface area contributed by atoms with Crippen LogP contribution in [0.4, 0.5) is 0 Å². The Kier molecular flexibility index (Phi) is 10.5. The molecule has 0 radical (unpaired) electrons. The topological polar surface area (TPSA) is 66.0 Å². The summed E-state index contributed by atoms with van der Waals surface area (Å²) < 4.78 is 5.70. The number of rotatable bonds is 9. The molecule has 0 aliphatic carbocycles. The average Bonchev–Trinajstić information content (AvgIpc) is 3.15. The lowest BCUT2D eigenvalue weighted by Gasteiger charge is -2.15. The Morgan fingerprint density at radius 3 is 2.47 bits per heavy atom. The molecule has 2 aromatic carbocycles. The zero-order chi connectivity index (χ0) is 20.3. The van der Waals surface area contributed by atoms with E-state index in [0.717, 1.165) is 42.3 Å². The maximum atomic E-state index is 11.8. The van der Waals surface area contributed by atoms with E-state index in [1.807, 2.05) is 42.2 Å². The fourth-order valence-corrected chi connectivity index (χ4v) is 3.21. The zero-order valence-electron chi connectivity index (χ0n) is 17.5. The van der Waals surface area contributed by atoms with Gasteiger partial charge in [-0.3, -0.25) is 4.79 Å². The normalized spacial score (nSPS) is 13.7. The molecule has 3 rings (SSSR count). The van der Waals surface area contributed by atoms with Crippen molar-refractivity contribution in [2.75, 3.05) is 26.2 Å². The van der Waals surface area contributed by atoms with E-state index in [0.29, 0.717) is 32.7 Å². The second kappa shape index (κ2) is 13.1. The van der Waals surface area contributed by atoms with Crippen LogP contribution in [0.25, 0.3) is 0 Å². The number of hydrogen-bond acceptors (Lipinski definition) is 3. The quantitative estimate of drug-likeness (QED) is 0.229. The van der Waals surface area contributed by atoms with Gasteiger partial charge in [-0.2, -0.15) is 0 Å². The summed E-state index contributed by atoms with van der Waals surface area (Å²) in [4.78, 5) is 18.3. The molecule has 1 aliphatic heterocycles. The van der Waals surface area contributed by atoms with Crippen LogP contribution >= 0.6 is 24.0 Å². The molecule has 2 N–H and O–H groups in total. The van der Waals surface area contributed by atoms with Crippen LogP contribution in [0, 0.1) is 0 Å². The summed E-state index contributed by atoms with van der Waals surface area (Å²) >= 11 is 0. The van der Waals surface area contributed by atoms with E-state index in [9.17, 15) is 4.79 Å². The Hall–Kier alpha value is -2.29. The number of amides is 1. The lowest BCUT2D eigenvalue weighted by molar-refractivity contribution is -0.128. The van der Waals surface area contributed by atoms with Gasteiger partial charge in [0.15, 0.2) is 5.96 Å². The van der Waals surface area contributed by atoms with Gasteiger partial charge in [-0.1, -0.05) is 42.5 Å². The van der Waals surface area contributed by atoms with Gasteiger partial charge in [-0.25, -0.2) is 4.99 Å². The highest BCUT2D eigenvalue weighted by Crippen LogP contribution is 2.15. The van der Waals surface area contributed by atoms with Gasteiger partial charge >= 0.3 is 0 Å². The fraction of sp³-hybridized carbons (Fsp3) is 0.391. The fourth-order valence-electron chi connectivity index (χ4n) is 3.21. The maximum Gasteiger partial charge on any atom is 0.222 e. The van der Waals surface area contributed by atoms with Gasteiger partial charge in [-0.15, -0.1) is 24.0 Å². The Labute approximate surface area is 196 Å². The number of guanidine groups is 1. The van der Waals surface area contributed by atoms with Crippen molar-refractivity contribution >= 4 is 35.8 Å². The summed E-state index contributed by atoms with van der Waals surface area (Å²) in [5.74, 6) is 1.90. The number of aliphatic imine (C=N–C) groups is 1. The van der Waals surface area contributed by atoms with Crippen LogP contribution in [0.15, 0.2) is 59.6 Å². The second-order valence-corrected chi connectivity index (χ2v) is 7.02. The number of likely N-dealkylation sites (tertiary alicyclic amines) is 1. The van der Waals surface area contributed by atoms with Crippen molar-refractivity contribution in [3.63, 3.8) is 0 Å². The van der Waals surface area contributed by atoms with Gasteiger partial charge < -0.3 is 20.3 Å². The molecule has 1 heterocycles. The molecule has 0 unspecified atom stereocenters. The summed E-state index contributed by atoms with van der Waals surface area (Å²) in [6, 6.07) is 18.1. The smallest absolute Gasteiger partial charge is 0.222 e. The zero-order valence-corrected chi connectivity index (χ0v) is 19.8. The molecule has 1 amide bonds.